The molecule has 2 aromatic carbocycles. The first-order chi connectivity index (χ1) is 13.8. The van der Waals surface area contributed by atoms with E-state index in [1.165, 1.54) is 24.3 Å². The molecule has 2 heterocycles. The van der Waals surface area contributed by atoms with E-state index in [4.69, 9.17) is 16.1 Å². The number of nitrogens with zero attached hydrogens (tertiary/aromatic N) is 3. The number of phenols is 3. The summed E-state index contributed by atoms with van der Waals surface area (Å²) in [4.78, 5) is 12.5. The second-order valence-electron chi connectivity index (χ2n) is 6.79. The van der Waals surface area contributed by atoms with Gasteiger partial charge in [0.1, 0.15) is 17.2 Å². The number of hydrogen-bond acceptors (Lipinski definition) is 8. The Bertz CT molecular complexity index is 1110. The smallest absolute Gasteiger partial charge is 0.270 e. The maximum absolute atomic E-state index is 11.0. The van der Waals surface area contributed by atoms with Crippen LogP contribution in [-0.2, 0) is 19.5 Å². The summed E-state index contributed by atoms with van der Waals surface area (Å²) in [6, 6.07) is 6.45. The molecule has 1 aromatic heterocycles. The normalized spacial score (nSPS) is 14.0. The number of fused-ring (bicyclic) bond motifs is 1. The second-order valence-corrected chi connectivity index (χ2v) is 7.20. The van der Waals surface area contributed by atoms with Crippen molar-refractivity contribution >= 4 is 17.3 Å². The quantitative estimate of drug-likeness (QED) is 0.433. The van der Waals surface area contributed by atoms with Crippen molar-refractivity contribution < 1.29 is 24.8 Å². The molecule has 3 N–H and O–H groups in total. The number of nitro benzene ring substituents is 1. The first kappa shape index (κ1) is 19.0. The molecule has 0 saturated heterocycles. The van der Waals surface area contributed by atoms with Crippen LogP contribution >= 0.6 is 11.6 Å². The van der Waals surface area contributed by atoms with Crippen LogP contribution in [0.25, 0.3) is 11.3 Å². The van der Waals surface area contributed by atoms with Crippen molar-refractivity contribution in [3.05, 3.63) is 62.3 Å². The number of halogens is 1. The topological polar surface area (TPSA) is 133 Å². The number of phenolic OH excluding ortho intramolecular Hbond substituents is 3. The third kappa shape index (κ3) is 3.57. The number of nitro groups is 1. The van der Waals surface area contributed by atoms with Gasteiger partial charge >= 0.3 is 0 Å². The monoisotopic (exact) mass is 417 g/mol. The van der Waals surface area contributed by atoms with Gasteiger partial charge in [-0.3, -0.25) is 15.0 Å². The van der Waals surface area contributed by atoms with E-state index < -0.39 is 4.92 Å². The summed E-state index contributed by atoms with van der Waals surface area (Å²) in [7, 11) is 0. The van der Waals surface area contributed by atoms with Gasteiger partial charge in [-0.1, -0.05) is 16.8 Å². The summed E-state index contributed by atoms with van der Waals surface area (Å²) in [5, 5.41) is 45.0. The molecule has 4 rings (SSSR count). The van der Waals surface area contributed by atoms with Crippen LogP contribution in [0.15, 0.2) is 34.9 Å². The molecule has 29 heavy (non-hydrogen) atoms. The van der Waals surface area contributed by atoms with Gasteiger partial charge in [-0.2, -0.15) is 0 Å². The molecule has 10 heteroatoms. The minimum absolute atomic E-state index is 0.0186. The van der Waals surface area contributed by atoms with Crippen molar-refractivity contribution in [3.63, 3.8) is 0 Å². The van der Waals surface area contributed by atoms with Crippen molar-refractivity contribution in [2.24, 2.45) is 0 Å². The van der Waals surface area contributed by atoms with Gasteiger partial charge in [0, 0.05) is 55.4 Å². The number of benzene rings is 2. The van der Waals surface area contributed by atoms with Gasteiger partial charge in [-0.25, -0.2) is 0 Å². The third-order valence-electron chi connectivity index (χ3n) is 4.89. The van der Waals surface area contributed by atoms with E-state index in [0.29, 0.717) is 42.9 Å². The van der Waals surface area contributed by atoms with E-state index in [-0.39, 0.29) is 28.0 Å². The zero-order chi connectivity index (χ0) is 20.7. The Morgan fingerprint density at radius 3 is 2.72 bits per heavy atom. The number of rotatable bonds is 4. The van der Waals surface area contributed by atoms with E-state index in [0.717, 1.165) is 17.3 Å². The van der Waals surface area contributed by atoms with E-state index in [1.54, 1.807) is 0 Å². The highest BCUT2D eigenvalue weighted by atomic mass is 35.5. The van der Waals surface area contributed by atoms with Crippen molar-refractivity contribution in [1.82, 2.24) is 10.1 Å². The Balaban J connectivity index is 1.63. The molecule has 0 radical (unpaired) electrons. The Morgan fingerprint density at radius 1 is 1.17 bits per heavy atom. The van der Waals surface area contributed by atoms with Gasteiger partial charge in [0.15, 0.2) is 5.76 Å². The lowest BCUT2D eigenvalue weighted by molar-refractivity contribution is -0.385. The molecule has 1 aliphatic rings. The molecule has 0 unspecified atom stereocenters. The zero-order valence-electron chi connectivity index (χ0n) is 15.0. The first-order valence-electron chi connectivity index (χ1n) is 8.71. The minimum Gasteiger partial charge on any atom is -0.508 e. The lowest BCUT2D eigenvalue weighted by Gasteiger charge is -2.26. The molecular formula is C19H16ClN3O6. The van der Waals surface area contributed by atoms with Gasteiger partial charge in [0.05, 0.1) is 21.2 Å². The first-order valence-corrected chi connectivity index (χ1v) is 9.09. The SMILES string of the molecule is O=[N+]([O-])c1ccc(O)c(CN2CCc3noc(-c4cc(Cl)c(O)cc4O)c3C2)c1. The zero-order valence-corrected chi connectivity index (χ0v) is 15.8. The van der Waals surface area contributed by atoms with E-state index in [2.05, 4.69) is 5.16 Å². The molecule has 9 nitrogen and oxygen atoms in total. The lowest BCUT2D eigenvalue weighted by Crippen LogP contribution is -2.30. The molecule has 1 aliphatic heterocycles. The summed E-state index contributed by atoms with van der Waals surface area (Å²) in [6.45, 7) is 1.30. The molecule has 0 saturated carbocycles. The molecule has 0 aliphatic carbocycles. The highest BCUT2D eigenvalue weighted by Gasteiger charge is 2.27. The second kappa shape index (κ2) is 7.26. The standard InChI is InChI=1S/C19H16ClN3O6/c20-14-6-12(17(25)7-18(14)26)19-13-9-22(4-3-15(13)21-29-19)8-10-5-11(23(27)28)1-2-16(10)24/h1-2,5-7,24-26H,3-4,8-9H2. The molecule has 3 aromatic rings. The fraction of sp³-hybridized carbons (Fsp3) is 0.211. The summed E-state index contributed by atoms with van der Waals surface area (Å²) in [5.41, 5.74) is 2.14. The Morgan fingerprint density at radius 2 is 1.97 bits per heavy atom. The van der Waals surface area contributed by atoms with E-state index >= 15 is 0 Å². The van der Waals surface area contributed by atoms with Crippen molar-refractivity contribution in [2.45, 2.75) is 19.5 Å². The molecular weight excluding hydrogens is 402 g/mol. The summed E-state index contributed by atoms with van der Waals surface area (Å²) in [5.74, 6) is -0.120. The average Bonchev–Trinajstić information content (AvgIpc) is 3.09. The summed E-state index contributed by atoms with van der Waals surface area (Å²) >= 11 is 5.96. The minimum atomic E-state index is -0.507. The maximum Gasteiger partial charge on any atom is 0.270 e. The largest absolute Gasteiger partial charge is 0.508 e. The van der Waals surface area contributed by atoms with Crippen LogP contribution in [0, 0.1) is 10.1 Å². The van der Waals surface area contributed by atoms with Crippen LogP contribution in [0.1, 0.15) is 16.8 Å². The highest BCUT2D eigenvalue weighted by Crippen LogP contribution is 2.40. The Hall–Kier alpha value is -3.30. The molecule has 0 amide bonds. The van der Waals surface area contributed by atoms with Crippen LogP contribution in [0.2, 0.25) is 5.02 Å². The van der Waals surface area contributed by atoms with Crippen molar-refractivity contribution in [1.29, 1.82) is 0 Å². The van der Waals surface area contributed by atoms with E-state index in [1.807, 2.05) is 4.90 Å². The van der Waals surface area contributed by atoms with Crippen molar-refractivity contribution in [2.75, 3.05) is 6.54 Å². The van der Waals surface area contributed by atoms with Crippen LogP contribution in [0.4, 0.5) is 5.69 Å². The number of non-ortho nitro benzene ring substituents is 1. The fourth-order valence-corrected chi connectivity index (χ4v) is 3.56. The van der Waals surface area contributed by atoms with Gasteiger partial charge in [-0.15, -0.1) is 0 Å². The van der Waals surface area contributed by atoms with Gasteiger partial charge in [0.25, 0.3) is 5.69 Å². The summed E-state index contributed by atoms with van der Waals surface area (Å²) in [6.07, 6.45) is 0.571. The molecule has 0 atom stereocenters. The van der Waals surface area contributed by atoms with Crippen molar-refractivity contribution in [3.8, 4) is 28.6 Å². The fourth-order valence-electron chi connectivity index (χ4n) is 3.40. The van der Waals surface area contributed by atoms with Crippen LogP contribution in [0.3, 0.4) is 0 Å². The maximum atomic E-state index is 11.0. The lowest BCUT2D eigenvalue weighted by atomic mass is 10.00. The van der Waals surface area contributed by atoms with Gasteiger partial charge in [-0.05, 0) is 12.1 Å². The molecule has 0 spiro atoms. The van der Waals surface area contributed by atoms with E-state index in [9.17, 15) is 25.4 Å². The number of aromatic hydroxyl groups is 3. The molecule has 0 fully saturated rings. The average molecular weight is 418 g/mol. The molecule has 0 bridgehead atoms. The van der Waals surface area contributed by atoms with Gasteiger partial charge in [0.2, 0.25) is 0 Å². The number of aromatic nitrogens is 1. The number of hydrogen-bond donors (Lipinski definition) is 3. The molecule has 150 valence electrons. The van der Waals surface area contributed by atoms with Crippen LogP contribution in [-0.4, -0.2) is 36.8 Å². The Labute approximate surface area is 169 Å². The predicted octanol–water partition coefficient (Wildman–Crippen LogP) is 3.58. The Kier molecular flexibility index (Phi) is 4.77. The highest BCUT2D eigenvalue weighted by molar-refractivity contribution is 6.32. The van der Waals surface area contributed by atoms with Crippen LogP contribution < -0.4 is 0 Å². The predicted molar refractivity (Wildman–Crippen MR) is 103 cm³/mol. The third-order valence-corrected chi connectivity index (χ3v) is 5.20. The van der Waals surface area contributed by atoms with Gasteiger partial charge < -0.3 is 19.8 Å². The van der Waals surface area contributed by atoms with Crippen LogP contribution in [0.5, 0.6) is 17.2 Å². The summed E-state index contributed by atoms with van der Waals surface area (Å²) < 4.78 is 5.44.